The Morgan fingerprint density at radius 3 is 2.16 bits per heavy atom. The molecule has 2 saturated carbocycles. The second kappa shape index (κ2) is 9.36. The number of amides is 1. The highest BCUT2D eigenvalue weighted by Gasteiger charge is 2.34. The minimum atomic E-state index is -1.33. The fourth-order valence-corrected chi connectivity index (χ4v) is 4.69. The lowest BCUT2D eigenvalue weighted by molar-refractivity contribution is -0.143. The van der Waals surface area contributed by atoms with Crippen LogP contribution in [-0.4, -0.2) is 48.8 Å². The van der Waals surface area contributed by atoms with E-state index < -0.39 is 65.1 Å². The van der Waals surface area contributed by atoms with Gasteiger partial charge in [-0.2, -0.15) is 0 Å². The van der Waals surface area contributed by atoms with Crippen LogP contribution in [-0.2, 0) is 9.59 Å². The lowest BCUT2D eigenvalue weighted by Crippen LogP contribution is -2.48. The van der Waals surface area contributed by atoms with Gasteiger partial charge in [0.25, 0.3) is 11.5 Å². The molecule has 2 fully saturated rings. The molecule has 3 rings (SSSR count). The van der Waals surface area contributed by atoms with Crippen molar-refractivity contribution in [2.45, 2.75) is 69.9 Å². The van der Waals surface area contributed by atoms with Crippen molar-refractivity contribution in [2.75, 3.05) is 6.54 Å². The molecule has 170 valence electrons. The molecule has 1 heterocycles. The molecule has 1 amide bonds. The first-order valence-corrected chi connectivity index (χ1v) is 10.5. The topological polar surface area (TPSA) is 168 Å². The van der Waals surface area contributed by atoms with Crippen molar-refractivity contribution in [1.29, 1.82) is 0 Å². The Kier molecular flexibility index (Phi) is 6.81. The molecule has 4 N–H and O–H groups in total. The van der Waals surface area contributed by atoms with Crippen LogP contribution in [0.1, 0.15) is 80.2 Å². The van der Waals surface area contributed by atoms with Gasteiger partial charge in [0.2, 0.25) is 5.88 Å². The van der Waals surface area contributed by atoms with Crippen LogP contribution >= 0.6 is 0 Å². The van der Waals surface area contributed by atoms with E-state index in [-0.39, 0.29) is 6.42 Å². The average Bonchev–Trinajstić information content (AvgIpc) is 2.73. The minimum Gasteiger partial charge on any atom is -0.494 e. The molecule has 1 aromatic heterocycles. The summed E-state index contributed by atoms with van der Waals surface area (Å²) in [6.07, 6.45) is 5.18. The molecule has 11 nitrogen and oxygen atoms in total. The highest BCUT2D eigenvalue weighted by molar-refractivity contribution is 5.97. The van der Waals surface area contributed by atoms with E-state index in [1.807, 2.05) is 0 Å². The number of carbonyl (C=O) groups is 3. The number of nitrogens with zero attached hydrogens (tertiary/aromatic N) is 2. The minimum absolute atomic E-state index is 0.0656. The molecule has 0 radical (unpaired) electrons. The van der Waals surface area contributed by atoms with Gasteiger partial charge in [0, 0.05) is 12.1 Å². The zero-order valence-electron chi connectivity index (χ0n) is 17.1. The summed E-state index contributed by atoms with van der Waals surface area (Å²) in [5.74, 6) is -4.92. The molecule has 2 atom stereocenters. The van der Waals surface area contributed by atoms with Crippen molar-refractivity contribution in [3.05, 3.63) is 26.4 Å². The van der Waals surface area contributed by atoms with Crippen molar-refractivity contribution in [1.82, 2.24) is 14.5 Å². The van der Waals surface area contributed by atoms with E-state index in [0.717, 1.165) is 28.4 Å². The van der Waals surface area contributed by atoms with Crippen LogP contribution < -0.4 is 16.6 Å². The van der Waals surface area contributed by atoms with Gasteiger partial charge < -0.3 is 20.6 Å². The van der Waals surface area contributed by atoms with Gasteiger partial charge in [-0.05, 0) is 32.1 Å². The van der Waals surface area contributed by atoms with Crippen molar-refractivity contribution < 1.29 is 29.7 Å². The van der Waals surface area contributed by atoms with Crippen LogP contribution in [0.25, 0.3) is 0 Å². The molecule has 2 unspecified atom stereocenters. The number of carbonyl (C=O) groups excluding carboxylic acids is 1. The highest BCUT2D eigenvalue weighted by atomic mass is 16.4. The van der Waals surface area contributed by atoms with E-state index >= 15 is 0 Å². The van der Waals surface area contributed by atoms with E-state index in [1.54, 1.807) is 0 Å². The van der Waals surface area contributed by atoms with Gasteiger partial charge in [-0.15, -0.1) is 0 Å². The maximum atomic E-state index is 13.3. The monoisotopic (exact) mass is 437 g/mol. The van der Waals surface area contributed by atoms with Crippen LogP contribution in [0, 0.1) is 5.92 Å². The Balaban J connectivity index is 2.14. The standard InChI is InChI=1S/C20H27N3O8/c24-14(25)10-21-16(26)15-17(27)22(12-6-2-1-3-7-12)20(31)23(18(15)28)13-8-4-5-11(9-13)19(29)30/h11-13,27H,1-10H2,(H,21,26)(H,24,25)(H,29,30). The van der Waals surface area contributed by atoms with E-state index in [1.165, 1.54) is 0 Å². The summed E-state index contributed by atoms with van der Waals surface area (Å²) in [5.41, 5.74) is -2.49. The fraction of sp³-hybridized carbons (Fsp3) is 0.650. The molecule has 0 saturated heterocycles. The van der Waals surface area contributed by atoms with Gasteiger partial charge in [-0.3, -0.25) is 28.3 Å². The number of rotatable bonds is 6. The summed E-state index contributed by atoms with van der Waals surface area (Å²) in [7, 11) is 0. The number of aliphatic carboxylic acids is 2. The summed E-state index contributed by atoms with van der Waals surface area (Å²) in [6.45, 7) is -0.759. The zero-order valence-corrected chi connectivity index (χ0v) is 17.1. The normalized spacial score (nSPS) is 22.1. The molecule has 31 heavy (non-hydrogen) atoms. The Morgan fingerprint density at radius 1 is 0.903 bits per heavy atom. The van der Waals surface area contributed by atoms with E-state index in [4.69, 9.17) is 5.11 Å². The van der Waals surface area contributed by atoms with Crippen LogP contribution in [0.2, 0.25) is 0 Å². The van der Waals surface area contributed by atoms with E-state index in [9.17, 15) is 34.2 Å². The molecular formula is C20H27N3O8. The van der Waals surface area contributed by atoms with Crippen LogP contribution in [0.5, 0.6) is 5.88 Å². The van der Waals surface area contributed by atoms with Gasteiger partial charge >= 0.3 is 17.6 Å². The summed E-state index contributed by atoms with van der Waals surface area (Å²) in [5, 5.41) is 31.0. The predicted octanol–water partition coefficient (Wildman–Crippen LogP) is 0.851. The summed E-state index contributed by atoms with van der Waals surface area (Å²) < 4.78 is 1.94. The Morgan fingerprint density at radius 2 is 1.55 bits per heavy atom. The molecule has 2 aliphatic carbocycles. The van der Waals surface area contributed by atoms with Gasteiger partial charge in [-0.1, -0.05) is 25.7 Å². The first kappa shape index (κ1) is 22.6. The number of aromatic nitrogens is 2. The number of nitrogens with one attached hydrogen (secondary N) is 1. The van der Waals surface area contributed by atoms with Crippen molar-refractivity contribution in [2.24, 2.45) is 5.92 Å². The van der Waals surface area contributed by atoms with E-state index in [2.05, 4.69) is 5.32 Å². The SMILES string of the molecule is O=C(O)CNC(=O)c1c(O)n(C2CCCCC2)c(=O)n(C2CCCC(C(=O)O)C2)c1=O. The molecule has 0 aliphatic heterocycles. The van der Waals surface area contributed by atoms with E-state index in [0.29, 0.717) is 32.1 Å². The van der Waals surface area contributed by atoms with Crippen molar-refractivity contribution in [3.8, 4) is 5.88 Å². The van der Waals surface area contributed by atoms with Crippen molar-refractivity contribution in [3.63, 3.8) is 0 Å². The molecule has 2 aliphatic rings. The number of aromatic hydroxyl groups is 1. The molecule has 11 heteroatoms. The first-order chi connectivity index (χ1) is 14.7. The molecular weight excluding hydrogens is 410 g/mol. The lowest BCUT2D eigenvalue weighted by atomic mass is 9.85. The fourth-order valence-electron chi connectivity index (χ4n) is 4.69. The smallest absolute Gasteiger partial charge is 0.334 e. The Bertz CT molecular complexity index is 989. The third kappa shape index (κ3) is 4.64. The average molecular weight is 437 g/mol. The third-order valence-corrected chi connectivity index (χ3v) is 6.22. The lowest BCUT2D eigenvalue weighted by Gasteiger charge is -2.31. The Hall–Kier alpha value is -3.11. The quantitative estimate of drug-likeness (QED) is 0.508. The predicted molar refractivity (Wildman–Crippen MR) is 107 cm³/mol. The van der Waals surface area contributed by atoms with Gasteiger partial charge in [0.15, 0.2) is 5.56 Å². The molecule has 0 spiro atoms. The van der Waals surface area contributed by atoms with Crippen LogP contribution in [0.3, 0.4) is 0 Å². The number of hydrogen-bond donors (Lipinski definition) is 4. The molecule has 0 aromatic carbocycles. The van der Waals surface area contributed by atoms with Crippen LogP contribution in [0.15, 0.2) is 9.59 Å². The number of carboxylic acid groups (broad SMARTS) is 2. The van der Waals surface area contributed by atoms with Crippen LogP contribution in [0.4, 0.5) is 0 Å². The molecule has 1 aromatic rings. The Labute approximate surface area is 177 Å². The third-order valence-electron chi connectivity index (χ3n) is 6.22. The van der Waals surface area contributed by atoms with Gasteiger partial charge in [0.05, 0.1) is 5.92 Å². The largest absolute Gasteiger partial charge is 0.494 e. The number of carboxylic acids is 2. The first-order valence-electron chi connectivity index (χ1n) is 10.5. The molecule has 0 bridgehead atoms. The number of hydrogen-bond acceptors (Lipinski definition) is 6. The summed E-state index contributed by atoms with van der Waals surface area (Å²) in [6, 6.07) is -1.13. The summed E-state index contributed by atoms with van der Waals surface area (Å²) in [4.78, 5) is 61.3. The zero-order chi connectivity index (χ0) is 22.7. The second-order valence-electron chi connectivity index (χ2n) is 8.25. The summed E-state index contributed by atoms with van der Waals surface area (Å²) >= 11 is 0. The van der Waals surface area contributed by atoms with Gasteiger partial charge in [-0.25, -0.2) is 4.79 Å². The maximum Gasteiger partial charge on any atom is 0.334 e. The van der Waals surface area contributed by atoms with Crippen molar-refractivity contribution >= 4 is 17.8 Å². The maximum absolute atomic E-state index is 13.3. The highest BCUT2D eigenvalue weighted by Crippen LogP contribution is 2.33. The second-order valence-corrected chi connectivity index (χ2v) is 8.25. The van der Waals surface area contributed by atoms with Gasteiger partial charge in [0.1, 0.15) is 6.54 Å².